The Bertz CT molecular complexity index is 690. The molecule has 0 amide bonds. The van der Waals surface area contributed by atoms with Crippen molar-refractivity contribution in [2.45, 2.75) is 25.4 Å². The number of aromatic nitrogens is 1. The Balaban J connectivity index is 1.91. The number of aromatic amines is 1. The molecule has 3 heterocycles. The van der Waals surface area contributed by atoms with E-state index in [2.05, 4.69) is 17.1 Å². The maximum absolute atomic E-state index is 12.0. The minimum atomic E-state index is -0.597. The van der Waals surface area contributed by atoms with Gasteiger partial charge in [-0.05, 0) is 31.4 Å². The molecule has 1 saturated heterocycles. The molecule has 2 atom stereocenters. The first kappa shape index (κ1) is 12.0. The van der Waals surface area contributed by atoms with Crippen LogP contribution in [0, 0.1) is 5.92 Å². The fraction of sp³-hybridized carbons (Fsp3) is 0.438. The van der Waals surface area contributed by atoms with Gasteiger partial charge in [0.05, 0.1) is 24.8 Å². The number of rotatable bonds is 1. The van der Waals surface area contributed by atoms with Gasteiger partial charge in [0.1, 0.15) is 5.60 Å². The van der Waals surface area contributed by atoms with Crippen LogP contribution in [0.2, 0.25) is 0 Å². The number of benzene rings is 1. The van der Waals surface area contributed by atoms with Crippen LogP contribution in [0.4, 0.5) is 0 Å². The lowest BCUT2D eigenvalue weighted by atomic mass is 9.81. The van der Waals surface area contributed by atoms with Crippen LogP contribution >= 0.6 is 0 Å². The van der Waals surface area contributed by atoms with E-state index >= 15 is 0 Å². The van der Waals surface area contributed by atoms with Gasteiger partial charge in [0.25, 0.3) is 0 Å². The molecule has 0 radical (unpaired) electrons. The molecule has 4 rings (SSSR count). The number of ether oxygens (including phenoxy) is 2. The van der Waals surface area contributed by atoms with Gasteiger partial charge < -0.3 is 14.5 Å². The van der Waals surface area contributed by atoms with Gasteiger partial charge in [-0.2, -0.15) is 0 Å². The number of hydrogen-bond donors (Lipinski definition) is 1. The highest BCUT2D eigenvalue weighted by Gasteiger charge is 2.49. The normalized spacial score (nSPS) is 29.4. The molecule has 2 aromatic rings. The monoisotopic (exact) mass is 271 g/mol. The van der Waals surface area contributed by atoms with E-state index in [0.29, 0.717) is 13.2 Å². The van der Waals surface area contributed by atoms with Crippen LogP contribution in [0.15, 0.2) is 24.3 Å². The Morgan fingerprint density at radius 3 is 2.95 bits per heavy atom. The van der Waals surface area contributed by atoms with Gasteiger partial charge in [-0.25, -0.2) is 0 Å². The first-order valence-electron chi connectivity index (χ1n) is 7.11. The van der Waals surface area contributed by atoms with Crippen molar-refractivity contribution >= 4 is 16.9 Å². The van der Waals surface area contributed by atoms with Crippen molar-refractivity contribution in [1.82, 2.24) is 4.98 Å². The van der Waals surface area contributed by atoms with Gasteiger partial charge in [-0.15, -0.1) is 0 Å². The molecule has 2 aliphatic heterocycles. The summed E-state index contributed by atoms with van der Waals surface area (Å²) in [6.45, 7) is 3.16. The summed E-state index contributed by atoms with van der Waals surface area (Å²) in [5.74, 6) is -0.353. The maximum atomic E-state index is 12.0. The van der Waals surface area contributed by atoms with Crippen molar-refractivity contribution in [2.75, 3.05) is 13.2 Å². The number of nitrogens with one attached hydrogen (secondary N) is 1. The first-order chi connectivity index (χ1) is 9.70. The molecule has 104 valence electrons. The van der Waals surface area contributed by atoms with Crippen LogP contribution in [0.5, 0.6) is 0 Å². The molecule has 4 heteroatoms. The van der Waals surface area contributed by atoms with Crippen LogP contribution in [-0.2, 0) is 26.3 Å². The Hall–Kier alpha value is -1.81. The average Bonchev–Trinajstić information content (AvgIpc) is 3.04. The molecule has 2 unspecified atom stereocenters. The lowest BCUT2D eigenvalue weighted by Crippen LogP contribution is -2.41. The third-order valence-electron chi connectivity index (χ3n) is 4.66. The molecule has 0 saturated carbocycles. The Morgan fingerprint density at radius 1 is 1.30 bits per heavy atom. The highest BCUT2D eigenvalue weighted by atomic mass is 16.5. The van der Waals surface area contributed by atoms with Gasteiger partial charge in [-0.1, -0.05) is 18.2 Å². The van der Waals surface area contributed by atoms with Gasteiger partial charge in [0.15, 0.2) is 0 Å². The first-order valence-corrected chi connectivity index (χ1v) is 7.11. The number of hydrogen-bond acceptors (Lipinski definition) is 3. The van der Waals surface area contributed by atoms with E-state index in [-0.39, 0.29) is 11.9 Å². The quantitative estimate of drug-likeness (QED) is 0.811. The van der Waals surface area contributed by atoms with Gasteiger partial charge in [-0.3, -0.25) is 4.79 Å². The Labute approximate surface area is 117 Å². The van der Waals surface area contributed by atoms with Crippen LogP contribution < -0.4 is 0 Å². The van der Waals surface area contributed by atoms with Gasteiger partial charge in [0.2, 0.25) is 0 Å². The molecule has 1 aromatic carbocycles. The summed E-state index contributed by atoms with van der Waals surface area (Å²) in [6, 6.07) is 8.27. The van der Waals surface area contributed by atoms with Gasteiger partial charge >= 0.3 is 5.97 Å². The lowest BCUT2D eigenvalue weighted by molar-refractivity contribution is -0.154. The molecule has 1 aromatic heterocycles. The van der Waals surface area contributed by atoms with E-state index in [1.54, 1.807) is 0 Å². The number of para-hydroxylation sites is 1. The molecule has 0 aliphatic carbocycles. The third kappa shape index (κ3) is 1.48. The topological polar surface area (TPSA) is 51.3 Å². The number of H-pyrrole nitrogens is 1. The predicted molar refractivity (Wildman–Crippen MR) is 74.4 cm³/mol. The molecule has 20 heavy (non-hydrogen) atoms. The third-order valence-corrected chi connectivity index (χ3v) is 4.66. The highest BCUT2D eigenvalue weighted by Crippen LogP contribution is 2.44. The molecule has 1 N–H and O–H groups in total. The minimum Gasteiger partial charge on any atom is -0.465 e. The standard InChI is InChI=1S/C16H17NO3/c1-16(12-7-8-19-15(12)18)14-11(6-9-20-16)10-4-2-3-5-13(10)17-14/h2-5,12,17H,6-9H2,1H3. The Kier molecular flexibility index (Phi) is 2.45. The summed E-state index contributed by atoms with van der Waals surface area (Å²) in [5.41, 5.74) is 2.85. The fourth-order valence-electron chi connectivity index (χ4n) is 3.59. The van der Waals surface area contributed by atoms with E-state index < -0.39 is 5.60 Å². The Morgan fingerprint density at radius 2 is 2.15 bits per heavy atom. The van der Waals surface area contributed by atoms with E-state index in [0.717, 1.165) is 24.1 Å². The van der Waals surface area contributed by atoms with Crippen molar-refractivity contribution in [2.24, 2.45) is 5.92 Å². The number of fused-ring (bicyclic) bond motifs is 3. The summed E-state index contributed by atoms with van der Waals surface area (Å²) in [7, 11) is 0. The minimum absolute atomic E-state index is 0.140. The number of cyclic esters (lactones) is 1. The van der Waals surface area contributed by atoms with Crippen molar-refractivity contribution in [3.05, 3.63) is 35.5 Å². The second-order valence-corrected chi connectivity index (χ2v) is 5.74. The van der Waals surface area contributed by atoms with Crippen LogP contribution in [0.1, 0.15) is 24.6 Å². The summed E-state index contributed by atoms with van der Waals surface area (Å²) in [4.78, 5) is 15.5. The average molecular weight is 271 g/mol. The molecular formula is C16H17NO3. The van der Waals surface area contributed by atoms with E-state index in [1.807, 2.05) is 19.1 Å². The van der Waals surface area contributed by atoms with Crippen molar-refractivity contribution < 1.29 is 14.3 Å². The van der Waals surface area contributed by atoms with Crippen LogP contribution in [0.25, 0.3) is 10.9 Å². The number of carbonyl (C=O) groups excluding carboxylic acids is 1. The van der Waals surface area contributed by atoms with E-state index in [9.17, 15) is 4.79 Å². The smallest absolute Gasteiger partial charge is 0.312 e. The molecule has 4 nitrogen and oxygen atoms in total. The SMILES string of the molecule is CC1(C2CCOC2=O)OCCc2c1[nH]c1ccccc21. The zero-order valence-corrected chi connectivity index (χ0v) is 11.4. The van der Waals surface area contributed by atoms with E-state index in [1.165, 1.54) is 10.9 Å². The molecule has 2 aliphatic rings. The number of carbonyl (C=O) groups is 1. The van der Waals surface area contributed by atoms with Crippen molar-refractivity contribution in [3.63, 3.8) is 0 Å². The zero-order chi connectivity index (χ0) is 13.7. The summed E-state index contributed by atoms with van der Waals surface area (Å²) in [6.07, 6.45) is 1.61. The summed E-state index contributed by atoms with van der Waals surface area (Å²) < 4.78 is 11.2. The van der Waals surface area contributed by atoms with Crippen LogP contribution in [0.3, 0.4) is 0 Å². The van der Waals surface area contributed by atoms with Crippen LogP contribution in [-0.4, -0.2) is 24.2 Å². The number of esters is 1. The largest absolute Gasteiger partial charge is 0.465 e. The summed E-state index contributed by atoms with van der Waals surface area (Å²) >= 11 is 0. The maximum Gasteiger partial charge on any atom is 0.312 e. The highest BCUT2D eigenvalue weighted by molar-refractivity contribution is 5.86. The summed E-state index contributed by atoms with van der Waals surface area (Å²) in [5, 5.41) is 1.24. The molecule has 0 bridgehead atoms. The lowest BCUT2D eigenvalue weighted by Gasteiger charge is -2.37. The molecular weight excluding hydrogens is 254 g/mol. The zero-order valence-electron chi connectivity index (χ0n) is 11.4. The van der Waals surface area contributed by atoms with Crippen molar-refractivity contribution in [1.29, 1.82) is 0 Å². The van der Waals surface area contributed by atoms with E-state index in [4.69, 9.17) is 9.47 Å². The van der Waals surface area contributed by atoms with Crippen molar-refractivity contribution in [3.8, 4) is 0 Å². The fourth-order valence-corrected chi connectivity index (χ4v) is 3.59. The molecule has 0 spiro atoms. The second kappa shape index (κ2) is 4.09. The molecule has 1 fully saturated rings. The predicted octanol–water partition coefficient (Wildman–Crippen LogP) is 2.52. The second-order valence-electron chi connectivity index (χ2n) is 5.74. The van der Waals surface area contributed by atoms with Gasteiger partial charge in [0, 0.05) is 10.9 Å².